The number of carbonyl (C=O) groups excluding carboxylic acids is 1. The van der Waals surface area contributed by atoms with E-state index in [2.05, 4.69) is 22.5 Å². The van der Waals surface area contributed by atoms with Gasteiger partial charge >= 0.3 is 0 Å². The summed E-state index contributed by atoms with van der Waals surface area (Å²) in [5.41, 5.74) is 0. The van der Waals surface area contributed by atoms with Gasteiger partial charge in [0.15, 0.2) is 5.17 Å². The number of hydrogen-bond donors (Lipinski definition) is 2. The molecule has 1 heterocycles. The minimum absolute atomic E-state index is 0.0252. The molecule has 0 aromatic heterocycles. The summed E-state index contributed by atoms with van der Waals surface area (Å²) in [7, 11) is 0. The highest BCUT2D eigenvalue weighted by atomic mass is 32.2. The zero-order valence-corrected chi connectivity index (χ0v) is 11.1. The fourth-order valence-electron chi connectivity index (χ4n) is 1.52. The fourth-order valence-corrected chi connectivity index (χ4v) is 2.64. The molecule has 16 heavy (non-hydrogen) atoms. The van der Waals surface area contributed by atoms with Crippen LogP contribution in [0.4, 0.5) is 0 Å². The molecular weight excluding hydrogens is 222 g/mol. The summed E-state index contributed by atoms with van der Waals surface area (Å²) in [5.74, 6) is 0.0252. The number of rotatable bonds is 5. The van der Waals surface area contributed by atoms with E-state index >= 15 is 0 Å². The number of carbonyl (C=O) groups is 1. The summed E-state index contributed by atoms with van der Waals surface area (Å²) >= 11 is 1.75. The van der Waals surface area contributed by atoms with Gasteiger partial charge in [-0.1, -0.05) is 25.1 Å². The van der Waals surface area contributed by atoms with Crippen molar-refractivity contribution in [1.29, 1.82) is 0 Å². The van der Waals surface area contributed by atoms with Crippen molar-refractivity contribution in [3.05, 3.63) is 0 Å². The van der Waals surface area contributed by atoms with Crippen LogP contribution in [0.25, 0.3) is 0 Å². The maximum Gasteiger partial charge on any atom is 0.239 e. The van der Waals surface area contributed by atoms with Gasteiger partial charge in [-0.15, -0.1) is 0 Å². The van der Waals surface area contributed by atoms with Crippen LogP contribution in [0.2, 0.25) is 0 Å². The topological polar surface area (TPSA) is 53.5 Å². The first kappa shape index (κ1) is 13.4. The second kappa shape index (κ2) is 6.78. The van der Waals surface area contributed by atoms with Crippen LogP contribution >= 0.6 is 11.8 Å². The van der Waals surface area contributed by atoms with E-state index in [9.17, 15) is 4.79 Å². The Morgan fingerprint density at radius 2 is 2.38 bits per heavy atom. The van der Waals surface area contributed by atoms with E-state index in [0.29, 0.717) is 11.8 Å². The van der Waals surface area contributed by atoms with Crippen LogP contribution in [0.3, 0.4) is 0 Å². The Morgan fingerprint density at radius 3 is 3.00 bits per heavy atom. The van der Waals surface area contributed by atoms with E-state index in [1.807, 2.05) is 13.8 Å². The van der Waals surface area contributed by atoms with E-state index in [0.717, 1.165) is 11.7 Å². The van der Waals surface area contributed by atoms with Crippen LogP contribution in [0.5, 0.6) is 0 Å². The summed E-state index contributed by atoms with van der Waals surface area (Å²) in [5, 5.41) is 7.43. The summed E-state index contributed by atoms with van der Waals surface area (Å²) in [6.07, 6.45) is 2.38. The van der Waals surface area contributed by atoms with E-state index in [1.54, 1.807) is 11.8 Å². The summed E-state index contributed by atoms with van der Waals surface area (Å²) in [6, 6.07) is 0.195. The molecule has 0 aromatic rings. The Labute approximate surface area is 102 Å². The Hall–Kier alpha value is -0.710. The van der Waals surface area contributed by atoms with Gasteiger partial charge in [0, 0.05) is 11.3 Å². The highest BCUT2D eigenvalue weighted by Crippen LogP contribution is 2.23. The second-order valence-corrected chi connectivity index (χ2v) is 5.54. The highest BCUT2D eigenvalue weighted by Gasteiger charge is 2.18. The van der Waals surface area contributed by atoms with Crippen LogP contribution in [0, 0.1) is 0 Å². The zero-order valence-electron chi connectivity index (χ0n) is 10.2. The third kappa shape index (κ3) is 4.88. The molecular formula is C11H21N3OS. The molecule has 0 saturated heterocycles. The Kier molecular flexibility index (Phi) is 5.66. The molecule has 0 spiro atoms. The number of amides is 1. The lowest BCUT2D eigenvalue weighted by Crippen LogP contribution is -2.38. The van der Waals surface area contributed by atoms with Crippen molar-refractivity contribution in [3.8, 4) is 0 Å². The lowest BCUT2D eigenvalue weighted by Gasteiger charge is -2.10. The van der Waals surface area contributed by atoms with Crippen molar-refractivity contribution >= 4 is 22.8 Å². The molecule has 1 unspecified atom stereocenters. The first-order chi connectivity index (χ1) is 7.61. The van der Waals surface area contributed by atoms with E-state index in [4.69, 9.17) is 0 Å². The minimum Gasteiger partial charge on any atom is -0.356 e. The van der Waals surface area contributed by atoms with Gasteiger partial charge in [-0.3, -0.25) is 9.79 Å². The average molecular weight is 243 g/mol. The lowest BCUT2D eigenvalue weighted by atomic mass is 10.2. The molecule has 1 rings (SSSR count). The molecule has 4 nitrogen and oxygen atoms in total. The van der Waals surface area contributed by atoms with Crippen molar-refractivity contribution in [2.45, 2.75) is 44.9 Å². The number of amidine groups is 1. The quantitative estimate of drug-likeness (QED) is 0.767. The molecule has 0 radical (unpaired) electrons. The molecule has 92 valence electrons. The maximum atomic E-state index is 11.4. The summed E-state index contributed by atoms with van der Waals surface area (Å²) < 4.78 is 0. The van der Waals surface area contributed by atoms with E-state index < -0.39 is 0 Å². The first-order valence-corrected chi connectivity index (χ1v) is 6.74. The third-order valence-electron chi connectivity index (χ3n) is 2.18. The lowest BCUT2D eigenvalue weighted by molar-refractivity contribution is -0.120. The smallest absolute Gasteiger partial charge is 0.239 e. The van der Waals surface area contributed by atoms with Crippen LogP contribution in [0.1, 0.15) is 33.6 Å². The van der Waals surface area contributed by atoms with Gasteiger partial charge in [-0.05, 0) is 20.3 Å². The number of nitrogens with one attached hydrogen (secondary N) is 2. The van der Waals surface area contributed by atoms with Crippen molar-refractivity contribution < 1.29 is 4.79 Å². The molecule has 0 aliphatic carbocycles. The van der Waals surface area contributed by atoms with Crippen LogP contribution in [-0.2, 0) is 4.79 Å². The van der Waals surface area contributed by atoms with Crippen molar-refractivity contribution in [2.75, 3.05) is 13.1 Å². The number of nitrogens with zero attached hydrogens (tertiary/aromatic N) is 1. The monoisotopic (exact) mass is 243 g/mol. The largest absolute Gasteiger partial charge is 0.356 e. The van der Waals surface area contributed by atoms with Gasteiger partial charge in [0.05, 0.1) is 13.1 Å². The molecule has 0 saturated carbocycles. The van der Waals surface area contributed by atoms with Gasteiger partial charge in [0.2, 0.25) is 5.91 Å². The molecule has 0 bridgehead atoms. The predicted octanol–water partition coefficient (Wildman–Crippen LogP) is 1.37. The van der Waals surface area contributed by atoms with Gasteiger partial charge in [-0.25, -0.2) is 0 Å². The molecule has 0 aromatic carbocycles. The van der Waals surface area contributed by atoms with Crippen molar-refractivity contribution in [3.63, 3.8) is 0 Å². The number of aliphatic imine (C=N–C) groups is 1. The van der Waals surface area contributed by atoms with Gasteiger partial charge in [0.1, 0.15) is 0 Å². The number of thioether (sulfide) groups is 1. The highest BCUT2D eigenvalue weighted by molar-refractivity contribution is 8.14. The van der Waals surface area contributed by atoms with Gasteiger partial charge < -0.3 is 10.6 Å². The Morgan fingerprint density at radius 1 is 1.62 bits per heavy atom. The first-order valence-electron chi connectivity index (χ1n) is 5.86. The standard InChI is InChI=1S/C11H21N3OS/c1-4-5-9-6-12-11(16-9)13-7-10(15)14-8(2)3/h8-9H,4-7H2,1-3H3,(H,12,13)(H,14,15). The van der Waals surface area contributed by atoms with E-state index in [1.165, 1.54) is 12.8 Å². The fraction of sp³-hybridized carbons (Fsp3) is 0.818. The van der Waals surface area contributed by atoms with Crippen molar-refractivity contribution in [2.24, 2.45) is 4.99 Å². The molecule has 1 aliphatic heterocycles. The van der Waals surface area contributed by atoms with E-state index in [-0.39, 0.29) is 11.9 Å². The van der Waals surface area contributed by atoms with Gasteiger partial charge in [0.25, 0.3) is 0 Å². The maximum absolute atomic E-state index is 11.4. The minimum atomic E-state index is 0.0252. The predicted molar refractivity (Wildman–Crippen MR) is 69.9 cm³/mol. The van der Waals surface area contributed by atoms with Crippen LogP contribution < -0.4 is 10.6 Å². The normalized spacial score (nSPS) is 19.8. The molecule has 0 fully saturated rings. The molecule has 2 N–H and O–H groups in total. The second-order valence-electron chi connectivity index (χ2n) is 4.25. The molecule has 1 amide bonds. The molecule has 1 atom stereocenters. The zero-order chi connectivity index (χ0) is 12.0. The Balaban J connectivity index is 2.17. The SMILES string of the molecule is CCCC1CN=C(NCC(=O)NC(C)C)S1. The number of hydrogen-bond acceptors (Lipinski definition) is 4. The summed E-state index contributed by atoms with van der Waals surface area (Å²) in [4.78, 5) is 15.8. The third-order valence-corrected chi connectivity index (χ3v) is 3.39. The van der Waals surface area contributed by atoms with Crippen LogP contribution in [0.15, 0.2) is 4.99 Å². The van der Waals surface area contributed by atoms with Gasteiger partial charge in [-0.2, -0.15) is 0 Å². The molecule has 1 aliphatic rings. The average Bonchev–Trinajstić information content (AvgIpc) is 2.62. The Bertz CT molecular complexity index is 266. The molecule has 5 heteroatoms. The van der Waals surface area contributed by atoms with Crippen LogP contribution in [-0.4, -0.2) is 35.5 Å². The van der Waals surface area contributed by atoms with Crippen molar-refractivity contribution in [1.82, 2.24) is 10.6 Å². The summed E-state index contributed by atoms with van der Waals surface area (Å²) in [6.45, 7) is 7.30.